The van der Waals surface area contributed by atoms with Crippen LogP contribution in [0.25, 0.3) is 0 Å². The van der Waals surface area contributed by atoms with E-state index in [-0.39, 0.29) is 30.2 Å². The Kier molecular flexibility index (Phi) is 10.4. The van der Waals surface area contributed by atoms with Gasteiger partial charge < -0.3 is 25.6 Å². The number of hydrogen-bond acceptors (Lipinski definition) is 6. The van der Waals surface area contributed by atoms with E-state index in [9.17, 15) is 24.0 Å². The van der Waals surface area contributed by atoms with Crippen molar-refractivity contribution in [2.24, 2.45) is 22.7 Å². The number of allylic oxidation sites excluding steroid dienone is 1. The molecule has 1 aliphatic carbocycles. The third-order valence-corrected chi connectivity index (χ3v) is 7.68. The van der Waals surface area contributed by atoms with Crippen LogP contribution in [-0.4, -0.2) is 71.3 Å². The molecule has 3 N–H and O–H groups in total. The predicted octanol–water partition coefficient (Wildman–Crippen LogP) is 3.12. The number of fused-ring (bicyclic) bond motifs is 1. The summed E-state index contributed by atoms with van der Waals surface area (Å²) in [7, 11) is 0. The average molecular weight is 561 g/mol. The summed E-state index contributed by atoms with van der Waals surface area (Å²) in [5.41, 5.74) is -1.59. The number of likely N-dealkylation sites (tertiary alicyclic amines) is 1. The summed E-state index contributed by atoms with van der Waals surface area (Å²) in [6.45, 7) is 22.7. The van der Waals surface area contributed by atoms with E-state index in [1.165, 1.54) is 4.90 Å². The lowest BCUT2D eigenvalue weighted by atomic mass is 9.85. The van der Waals surface area contributed by atoms with Crippen molar-refractivity contribution >= 4 is 29.6 Å². The number of ketones is 1. The Morgan fingerprint density at radius 1 is 1.00 bits per heavy atom. The summed E-state index contributed by atoms with van der Waals surface area (Å²) < 4.78 is 5.40. The van der Waals surface area contributed by atoms with Crippen LogP contribution in [0, 0.1) is 22.7 Å². The number of ether oxygens (including phenoxy) is 1. The molecule has 0 aromatic rings. The Bertz CT molecular complexity index is 1020. The first-order valence-electron chi connectivity index (χ1n) is 14.0. The van der Waals surface area contributed by atoms with E-state index in [0.29, 0.717) is 19.4 Å². The van der Waals surface area contributed by atoms with Crippen LogP contribution in [0.3, 0.4) is 0 Å². The lowest BCUT2D eigenvalue weighted by Crippen LogP contribution is -2.60. The van der Waals surface area contributed by atoms with Crippen LogP contribution in [0.4, 0.5) is 4.79 Å². The Hall–Kier alpha value is -3.17. The second-order valence-corrected chi connectivity index (χ2v) is 13.5. The van der Waals surface area contributed by atoms with Gasteiger partial charge in [-0.1, -0.05) is 46.8 Å². The van der Waals surface area contributed by atoms with Gasteiger partial charge in [0.15, 0.2) is 0 Å². The minimum Gasteiger partial charge on any atom is -0.444 e. The fourth-order valence-corrected chi connectivity index (χ4v) is 5.40. The first kappa shape index (κ1) is 33.0. The molecule has 224 valence electrons. The zero-order valence-corrected chi connectivity index (χ0v) is 25.4. The summed E-state index contributed by atoms with van der Waals surface area (Å²) in [5.74, 6) is -2.43. The van der Waals surface area contributed by atoms with Gasteiger partial charge in [0, 0.05) is 13.1 Å². The van der Waals surface area contributed by atoms with Gasteiger partial charge in [0.1, 0.15) is 17.7 Å². The van der Waals surface area contributed by atoms with Crippen LogP contribution in [0.15, 0.2) is 25.3 Å². The van der Waals surface area contributed by atoms with Crippen molar-refractivity contribution in [3.63, 3.8) is 0 Å². The van der Waals surface area contributed by atoms with E-state index < -0.39 is 58.7 Å². The largest absolute Gasteiger partial charge is 0.444 e. The Morgan fingerprint density at radius 3 is 2.12 bits per heavy atom. The number of carbonyl (C=O) groups is 5. The molecule has 0 aromatic heterocycles. The molecule has 0 radical (unpaired) electrons. The van der Waals surface area contributed by atoms with E-state index in [1.807, 2.05) is 20.8 Å². The fraction of sp³-hybridized carbons (Fsp3) is 0.700. The predicted molar refractivity (Wildman–Crippen MR) is 153 cm³/mol. The van der Waals surface area contributed by atoms with Gasteiger partial charge in [0.25, 0.3) is 5.91 Å². The van der Waals surface area contributed by atoms with Gasteiger partial charge in [0.05, 0.1) is 6.04 Å². The number of piperidine rings is 1. The summed E-state index contributed by atoms with van der Waals surface area (Å²) in [6.07, 6.45) is 3.64. The maximum Gasteiger partial charge on any atom is 0.408 e. The Labute approximate surface area is 238 Å². The van der Waals surface area contributed by atoms with Gasteiger partial charge in [-0.2, -0.15) is 0 Å². The topological polar surface area (TPSA) is 134 Å². The molecule has 5 atom stereocenters. The van der Waals surface area contributed by atoms with Gasteiger partial charge in [-0.15, -0.1) is 13.2 Å². The molecule has 1 aliphatic heterocycles. The molecule has 0 aromatic carbocycles. The minimum atomic E-state index is -1.06. The monoisotopic (exact) mass is 560 g/mol. The maximum atomic E-state index is 14.0. The zero-order chi connectivity index (χ0) is 30.6. The first-order valence-corrected chi connectivity index (χ1v) is 14.0. The van der Waals surface area contributed by atoms with Crippen molar-refractivity contribution < 1.29 is 28.7 Å². The molecular weight excluding hydrogens is 512 g/mol. The number of rotatable bonds is 12. The average Bonchev–Trinajstić information content (AvgIpc) is 3.15. The number of alkyl carbamates (subject to hydrolysis) is 1. The van der Waals surface area contributed by atoms with Gasteiger partial charge >= 0.3 is 6.09 Å². The quantitative estimate of drug-likeness (QED) is 0.191. The van der Waals surface area contributed by atoms with Crippen LogP contribution in [0.2, 0.25) is 0 Å². The summed E-state index contributed by atoms with van der Waals surface area (Å²) in [6, 6.07) is -2.86. The molecule has 2 rings (SSSR count). The molecule has 0 spiro atoms. The molecule has 2 fully saturated rings. The highest BCUT2D eigenvalue weighted by molar-refractivity contribution is 6.38. The third kappa shape index (κ3) is 7.95. The molecule has 4 amide bonds. The molecule has 10 nitrogen and oxygen atoms in total. The summed E-state index contributed by atoms with van der Waals surface area (Å²) in [5, 5.41) is 8.04. The molecule has 1 saturated carbocycles. The van der Waals surface area contributed by atoms with Crippen molar-refractivity contribution in [2.75, 3.05) is 13.1 Å². The van der Waals surface area contributed by atoms with Crippen molar-refractivity contribution in [3.05, 3.63) is 25.3 Å². The molecular formula is C30H48N4O6. The molecule has 1 saturated heterocycles. The van der Waals surface area contributed by atoms with Crippen LogP contribution in [0.1, 0.15) is 74.7 Å². The molecule has 10 heteroatoms. The normalized spacial score (nSPS) is 22.7. The number of hydrogen-bond donors (Lipinski definition) is 3. The van der Waals surface area contributed by atoms with Gasteiger partial charge in [-0.25, -0.2) is 4.79 Å². The van der Waals surface area contributed by atoms with E-state index in [1.54, 1.807) is 32.9 Å². The second-order valence-electron chi connectivity index (χ2n) is 13.5. The summed E-state index contributed by atoms with van der Waals surface area (Å²) in [4.78, 5) is 67.4. The van der Waals surface area contributed by atoms with E-state index in [4.69, 9.17) is 4.74 Å². The van der Waals surface area contributed by atoms with Crippen LogP contribution in [0.5, 0.6) is 0 Å². The second kappa shape index (κ2) is 12.6. The van der Waals surface area contributed by atoms with Gasteiger partial charge in [0.2, 0.25) is 17.6 Å². The number of nitrogens with one attached hydrogen (secondary N) is 3. The van der Waals surface area contributed by atoms with E-state index in [2.05, 4.69) is 43.0 Å². The number of nitrogens with zero attached hydrogens (tertiary/aromatic N) is 1. The smallest absolute Gasteiger partial charge is 0.408 e. The standard InChI is InChI=1S/C30H48N4O6/c1-11-13-15-19(22(35)25(37)31-16-14-12-2)32-24(36)21-20-18(30(20,9)10)17-34(21)26(38)23(28(3,4)5)33-27(39)40-29(6,7)8/h11-12,18-21,23H,1-2,13-17H2,3-10H3,(H,31,37)(H,32,36)(H,33,39)/t18-,19-,20-,21-,23+/m0/s1. The third-order valence-electron chi connectivity index (χ3n) is 7.68. The first-order chi connectivity index (χ1) is 18.4. The van der Waals surface area contributed by atoms with Crippen molar-refractivity contribution in [1.82, 2.24) is 20.9 Å². The highest BCUT2D eigenvalue weighted by Crippen LogP contribution is 2.65. The van der Waals surface area contributed by atoms with Crippen molar-refractivity contribution in [2.45, 2.75) is 98.4 Å². The molecule has 0 unspecified atom stereocenters. The molecule has 0 bridgehead atoms. The number of carbonyl (C=O) groups excluding carboxylic acids is 5. The number of amides is 4. The SMILES string of the molecule is C=CCCNC(=O)C(=O)[C@H](CCC=C)NC(=O)[C@@H]1[C@@H]2[C@H](CN1C(=O)[C@@H](NC(=O)OC(C)(C)C)C(C)(C)C)C2(C)C. The Balaban J connectivity index is 2.30. The zero-order valence-electron chi connectivity index (χ0n) is 25.4. The minimum absolute atomic E-state index is 0.0962. The Morgan fingerprint density at radius 2 is 1.60 bits per heavy atom. The lowest BCUT2D eigenvalue weighted by Gasteiger charge is -2.38. The fourth-order valence-electron chi connectivity index (χ4n) is 5.40. The molecule has 40 heavy (non-hydrogen) atoms. The lowest BCUT2D eigenvalue weighted by molar-refractivity contribution is -0.145. The number of Topliss-reactive ketones (excluding diaryl/α,β-unsaturated/α-hetero) is 1. The maximum absolute atomic E-state index is 14.0. The van der Waals surface area contributed by atoms with Gasteiger partial charge in [-0.3, -0.25) is 19.2 Å². The highest BCUT2D eigenvalue weighted by Gasteiger charge is 2.70. The van der Waals surface area contributed by atoms with Crippen molar-refractivity contribution in [1.29, 1.82) is 0 Å². The molecule has 1 heterocycles. The highest BCUT2D eigenvalue weighted by atomic mass is 16.6. The van der Waals surface area contributed by atoms with Crippen LogP contribution >= 0.6 is 0 Å². The van der Waals surface area contributed by atoms with E-state index >= 15 is 0 Å². The van der Waals surface area contributed by atoms with Crippen LogP contribution in [-0.2, 0) is 23.9 Å². The molecule has 2 aliphatic rings. The van der Waals surface area contributed by atoms with Crippen LogP contribution < -0.4 is 16.0 Å². The summed E-state index contributed by atoms with van der Waals surface area (Å²) >= 11 is 0. The van der Waals surface area contributed by atoms with Gasteiger partial charge in [-0.05, 0) is 62.7 Å². The van der Waals surface area contributed by atoms with Crippen molar-refractivity contribution in [3.8, 4) is 0 Å². The van der Waals surface area contributed by atoms with E-state index in [0.717, 1.165) is 0 Å².